The maximum absolute atomic E-state index is 3.40. The van der Waals surface area contributed by atoms with Crippen LogP contribution in [0.1, 0.15) is 51.9 Å². The highest BCUT2D eigenvalue weighted by molar-refractivity contribution is 4.99. The predicted molar refractivity (Wildman–Crippen MR) is 56.8 cm³/mol. The second-order valence-corrected chi connectivity index (χ2v) is 5.25. The van der Waals surface area contributed by atoms with Crippen molar-refractivity contribution in [2.45, 2.75) is 57.9 Å². The molecule has 0 atom stereocenters. The van der Waals surface area contributed by atoms with Gasteiger partial charge in [-0.2, -0.15) is 0 Å². The van der Waals surface area contributed by atoms with E-state index in [1.165, 1.54) is 44.9 Å². The molecule has 0 saturated heterocycles. The van der Waals surface area contributed by atoms with Crippen molar-refractivity contribution in [1.82, 2.24) is 5.32 Å². The molecule has 0 aromatic heterocycles. The van der Waals surface area contributed by atoms with E-state index >= 15 is 0 Å². The van der Waals surface area contributed by atoms with Crippen molar-refractivity contribution in [2.24, 2.45) is 11.3 Å². The monoisotopic (exact) mass is 181 g/mol. The predicted octanol–water partition coefficient (Wildman–Crippen LogP) is 2.95. The van der Waals surface area contributed by atoms with E-state index in [4.69, 9.17) is 0 Å². The van der Waals surface area contributed by atoms with Crippen LogP contribution in [0.3, 0.4) is 0 Å². The van der Waals surface area contributed by atoms with Gasteiger partial charge in [0.2, 0.25) is 0 Å². The molecule has 0 aromatic rings. The van der Waals surface area contributed by atoms with E-state index in [0.717, 1.165) is 17.4 Å². The highest BCUT2D eigenvalue weighted by atomic mass is 14.9. The van der Waals surface area contributed by atoms with Gasteiger partial charge < -0.3 is 5.32 Å². The summed E-state index contributed by atoms with van der Waals surface area (Å²) in [5.41, 5.74) is 0.791. The van der Waals surface area contributed by atoms with Gasteiger partial charge in [0.15, 0.2) is 0 Å². The third-order valence-corrected chi connectivity index (χ3v) is 4.51. The van der Waals surface area contributed by atoms with Crippen LogP contribution in [0.5, 0.6) is 0 Å². The normalized spacial score (nSPS) is 44.8. The summed E-state index contributed by atoms with van der Waals surface area (Å²) in [4.78, 5) is 0. The van der Waals surface area contributed by atoms with Gasteiger partial charge in [-0.1, -0.05) is 13.3 Å². The fourth-order valence-corrected chi connectivity index (χ4v) is 3.30. The van der Waals surface area contributed by atoms with Crippen LogP contribution in [0.25, 0.3) is 0 Å². The lowest BCUT2D eigenvalue weighted by Gasteiger charge is -2.51. The molecule has 0 radical (unpaired) electrons. The molecule has 0 heterocycles. The third kappa shape index (κ3) is 1.76. The lowest BCUT2D eigenvalue weighted by atomic mass is 9.57. The van der Waals surface area contributed by atoms with Crippen LogP contribution in [-0.4, -0.2) is 13.1 Å². The summed E-state index contributed by atoms with van der Waals surface area (Å²) < 4.78 is 0. The van der Waals surface area contributed by atoms with Crippen LogP contribution in [0, 0.1) is 11.3 Å². The first-order valence-corrected chi connectivity index (χ1v) is 5.95. The molecule has 0 bridgehead atoms. The van der Waals surface area contributed by atoms with E-state index in [1.807, 2.05) is 0 Å². The van der Waals surface area contributed by atoms with E-state index in [2.05, 4.69) is 19.3 Å². The molecule has 1 heteroatoms. The Morgan fingerprint density at radius 2 is 1.85 bits per heavy atom. The van der Waals surface area contributed by atoms with Crippen molar-refractivity contribution in [3.8, 4) is 0 Å². The van der Waals surface area contributed by atoms with Crippen LogP contribution in [-0.2, 0) is 0 Å². The highest BCUT2D eigenvalue weighted by Gasteiger charge is 2.44. The lowest BCUT2D eigenvalue weighted by Crippen LogP contribution is -2.49. The van der Waals surface area contributed by atoms with Crippen LogP contribution in [0.2, 0.25) is 0 Å². The molecule has 1 N–H and O–H groups in total. The minimum Gasteiger partial charge on any atom is -0.317 e. The molecule has 2 rings (SSSR count). The Morgan fingerprint density at radius 3 is 2.31 bits per heavy atom. The fraction of sp³-hybridized carbons (Fsp3) is 1.00. The number of rotatable bonds is 2. The van der Waals surface area contributed by atoms with Crippen molar-refractivity contribution in [2.75, 3.05) is 7.05 Å². The minimum atomic E-state index is 0.791. The van der Waals surface area contributed by atoms with Crippen LogP contribution >= 0.6 is 0 Å². The maximum Gasteiger partial charge on any atom is 0.00746 e. The summed E-state index contributed by atoms with van der Waals surface area (Å²) in [6, 6.07) is 0.846. The van der Waals surface area contributed by atoms with E-state index in [1.54, 1.807) is 0 Å². The molecule has 2 fully saturated rings. The third-order valence-electron chi connectivity index (χ3n) is 4.51. The van der Waals surface area contributed by atoms with Crippen LogP contribution in [0.15, 0.2) is 0 Å². The van der Waals surface area contributed by atoms with Gasteiger partial charge in [-0.15, -0.1) is 0 Å². The second-order valence-electron chi connectivity index (χ2n) is 5.25. The van der Waals surface area contributed by atoms with Crippen LogP contribution < -0.4 is 5.32 Å². The van der Waals surface area contributed by atoms with Crippen molar-refractivity contribution < 1.29 is 0 Å². The Kier molecular flexibility index (Phi) is 2.64. The zero-order valence-corrected chi connectivity index (χ0v) is 9.10. The Hall–Kier alpha value is -0.0400. The zero-order valence-electron chi connectivity index (χ0n) is 9.10. The molecule has 0 unspecified atom stereocenters. The number of hydrogen-bond donors (Lipinski definition) is 1. The summed E-state index contributed by atoms with van der Waals surface area (Å²) in [6.45, 7) is 2.35. The SMILES string of the molecule is CCC1CCC2(CC1)CC(NC)C2. The van der Waals surface area contributed by atoms with Crippen molar-refractivity contribution in [3.05, 3.63) is 0 Å². The molecular weight excluding hydrogens is 158 g/mol. The van der Waals surface area contributed by atoms with Gasteiger partial charge in [0.1, 0.15) is 0 Å². The standard InChI is InChI=1S/C12H23N/c1-3-10-4-6-12(7-5-10)8-11(9-12)13-2/h10-11,13H,3-9H2,1-2H3. The summed E-state index contributed by atoms with van der Waals surface area (Å²) >= 11 is 0. The molecule has 0 amide bonds. The Labute approximate surface area is 82.3 Å². The average Bonchev–Trinajstić information content (AvgIpc) is 2.14. The zero-order chi connectivity index (χ0) is 9.31. The Balaban J connectivity index is 1.79. The smallest absolute Gasteiger partial charge is 0.00746 e. The van der Waals surface area contributed by atoms with Crippen molar-refractivity contribution in [3.63, 3.8) is 0 Å². The van der Waals surface area contributed by atoms with Gasteiger partial charge >= 0.3 is 0 Å². The van der Waals surface area contributed by atoms with Gasteiger partial charge in [0.25, 0.3) is 0 Å². The molecule has 0 aromatic carbocycles. The van der Waals surface area contributed by atoms with E-state index in [9.17, 15) is 0 Å². The second kappa shape index (κ2) is 3.61. The first kappa shape index (κ1) is 9.51. The molecule has 2 aliphatic rings. The molecule has 13 heavy (non-hydrogen) atoms. The van der Waals surface area contributed by atoms with E-state index in [-0.39, 0.29) is 0 Å². The van der Waals surface area contributed by atoms with E-state index < -0.39 is 0 Å². The fourth-order valence-electron chi connectivity index (χ4n) is 3.30. The first-order valence-electron chi connectivity index (χ1n) is 5.95. The van der Waals surface area contributed by atoms with Gasteiger partial charge in [0.05, 0.1) is 0 Å². The quantitative estimate of drug-likeness (QED) is 0.690. The van der Waals surface area contributed by atoms with Gasteiger partial charge in [-0.3, -0.25) is 0 Å². The van der Waals surface area contributed by atoms with Crippen LogP contribution in [0.4, 0.5) is 0 Å². The molecule has 1 nitrogen and oxygen atoms in total. The lowest BCUT2D eigenvalue weighted by molar-refractivity contribution is 0.0244. The Bertz CT molecular complexity index is 160. The number of nitrogens with one attached hydrogen (secondary N) is 1. The Morgan fingerprint density at radius 1 is 1.23 bits per heavy atom. The topological polar surface area (TPSA) is 12.0 Å². The minimum absolute atomic E-state index is 0.791. The average molecular weight is 181 g/mol. The van der Waals surface area contributed by atoms with E-state index in [0.29, 0.717) is 0 Å². The van der Waals surface area contributed by atoms with Crippen molar-refractivity contribution >= 4 is 0 Å². The molecular formula is C12H23N. The molecule has 2 aliphatic carbocycles. The van der Waals surface area contributed by atoms with Crippen molar-refractivity contribution in [1.29, 1.82) is 0 Å². The summed E-state index contributed by atoms with van der Waals surface area (Å²) in [5, 5.41) is 3.40. The first-order chi connectivity index (χ1) is 6.28. The summed E-state index contributed by atoms with van der Waals surface area (Å²) in [6.07, 6.45) is 10.4. The molecule has 1 spiro atoms. The highest BCUT2D eigenvalue weighted by Crippen LogP contribution is 2.53. The summed E-state index contributed by atoms with van der Waals surface area (Å²) in [7, 11) is 2.11. The maximum atomic E-state index is 3.40. The number of hydrogen-bond acceptors (Lipinski definition) is 1. The molecule has 2 saturated carbocycles. The van der Waals surface area contributed by atoms with Gasteiger partial charge in [-0.25, -0.2) is 0 Å². The van der Waals surface area contributed by atoms with Gasteiger partial charge in [-0.05, 0) is 56.9 Å². The largest absolute Gasteiger partial charge is 0.317 e. The molecule has 76 valence electrons. The van der Waals surface area contributed by atoms with Gasteiger partial charge in [0, 0.05) is 6.04 Å². The summed E-state index contributed by atoms with van der Waals surface area (Å²) in [5.74, 6) is 1.05. The molecule has 0 aliphatic heterocycles.